The summed E-state index contributed by atoms with van der Waals surface area (Å²) in [5.74, 6) is 0.868. The Bertz CT molecular complexity index is 342. The Labute approximate surface area is 101 Å². The third-order valence-electron chi connectivity index (χ3n) is 1.68. The van der Waals surface area contributed by atoms with Gasteiger partial charge in [0, 0.05) is 41.2 Å². The third kappa shape index (κ3) is 5.17. The third-order valence-corrected chi connectivity index (χ3v) is 3.36. The number of rotatable bonds is 6. The molecule has 3 N–H and O–H groups in total. The van der Waals surface area contributed by atoms with Gasteiger partial charge in [-0.25, -0.2) is 9.78 Å². The Morgan fingerprint density at radius 3 is 3.12 bits per heavy atom. The van der Waals surface area contributed by atoms with E-state index in [1.54, 1.807) is 18.8 Å². The van der Waals surface area contributed by atoms with Crippen molar-refractivity contribution in [2.45, 2.75) is 5.75 Å². The number of urea groups is 1. The number of imidazole rings is 1. The maximum absolute atomic E-state index is 11.5. The molecule has 90 valence electrons. The largest absolute Gasteiger partial charge is 0.348 e. The number of amides is 2. The number of hydrogen-bond acceptors (Lipinski definition) is 4. The lowest BCUT2D eigenvalue weighted by Crippen LogP contribution is -2.33. The molecule has 6 nitrogen and oxygen atoms in total. The molecular formula is C8H14N4O2S2. The van der Waals surface area contributed by atoms with Gasteiger partial charge in [-0.3, -0.25) is 8.93 Å². The fourth-order valence-corrected chi connectivity index (χ4v) is 2.25. The highest BCUT2D eigenvalue weighted by molar-refractivity contribution is 7.97. The van der Waals surface area contributed by atoms with E-state index in [0.29, 0.717) is 18.1 Å². The molecule has 2 amide bonds. The second kappa shape index (κ2) is 7.29. The lowest BCUT2D eigenvalue weighted by atomic mass is 10.6. The molecule has 1 heterocycles. The van der Waals surface area contributed by atoms with Gasteiger partial charge in [0.05, 0.1) is 12.1 Å². The van der Waals surface area contributed by atoms with Crippen LogP contribution < -0.4 is 10.0 Å². The summed E-state index contributed by atoms with van der Waals surface area (Å²) < 4.78 is 14.1. The molecule has 1 aromatic rings. The Hall–Kier alpha value is -1.02. The first kappa shape index (κ1) is 13.0. The molecule has 0 saturated carbocycles. The van der Waals surface area contributed by atoms with E-state index in [9.17, 15) is 9.00 Å². The van der Waals surface area contributed by atoms with Crippen molar-refractivity contribution in [3.63, 3.8) is 0 Å². The van der Waals surface area contributed by atoms with Crippen molar-refractivity contribution in [1.29, 1.82) is 0 Å². The standard InChI is InChI=1S/C8H14N4O2S2/c1-15-12-8(13)10-2-3-16(14)5-7-4-9-6-11-7/h4,6H,2-3,5H2,1H3,(H,9,11)(H2,10,12,13). The SMILES string of the molecule is CSNC(=O)NCCS(=O)Cc1cnc[nH]1. The van der Waals surface area contributed by atoms with E-state index in [0.717, 1.165) is 5.69 Å². The van der Waals surface area contributed by atoms with E-state index >= 15 is 0 Å². The van der Waals surface area contributed by atoms with Gasteiger partial charge in [-0.05, 0) is 0 Å². The van der Waals surface area contributed by atoms with Gasteiger partial charge in [-0.1, -0.05) is 11.9 Å². The van der Waals surface area contributed by atoms with Crippen molar-refractivity contribution < 1.29 is 9.00 Å². The summed E-state index contributed by atoms with van der Waals surface area (Å²) in [7, 11) is -0.990. The summed E-state index contributed by atoms with van der Waals surface area (Å²) in [6.45, 7) is 0.396. The van der Waals surface area contributed by atoms with Crippen LogP contribution in [0.5, 0.6) is 0 Å². The molecule has 0 fully saturated rings. The predicted molar refractivity (Wildman–Crippen MR) is 65.4 cm³/mol. The summed E-state index contributed by atoms with van der Waals surface area (Å²) in [6.07, 6.45) is 4.96. The minimum Gasteiger partial charge on any atom is -0.348 e. The molecule has 0 aromatic carbocycles. The zero-order valence-electron chi connectivity index (χ0n) is 8.86. The van der Waals surface area contributed by atoms with Crippen LogP contribution in [0.1, 0.15) is 5.69 Å². The van der Waals surface area contributed by atoms with Crippen LogP contribution in [-0.2, 0) is 16.6 Å². The Morgan fingerprint density at radius 2 is 2.50 bits per heavy atom. The molecule has 0 saturated heterocycles. The van der Waals surface area contributed by atoms with Crippen LogP contribution in [0.2, 0.25) is 0 Å². The summed E-state index contributed by atoms with van der Waals surface area (Å²) in [5.41, 5.74) is 0.840. The lowest BCUT2D eigenvalue weighted by molar-refractivity contribution is 0.247. The number of nitrogens with one attached hydrogen (secondary N) is 3. The fourth-order valence-electron chi connectivity index (χ4n) is 1.02. The van der Waals surface area contributed by atoms with Crippen molar-refractivity contribution in [2.75, 3.05) is 18.6 Å². The van der Waals surface area contributed by atoms with Crippen molar-refractivity contribution in [3.8, 4) is 0 Å². The molecule has 0 aliphatic heterocycles. The van der Waals surface area contributed by atoms with Crippen LogP contribution in [0.3, 0.4) is 0 Å². The van der Waals surface area contributed by atoms with Crippen LogP contribution in [0.15, 0.2) is 12.5 Å². The molecule has 0 bridgehead atoms. The molecule has 0 spiro atoms. The van der Waals surface area contributed by atoms with Crippen LogP contribution in [0, 0.1) is 0 Å². The quantitative estimate of drug-likeness (QED) is 0.641. The number of carbonyl (C=O) groups excluding carboxylic acids is 1. The minimum absolute atomic E-state index is 0.258. The molecule has 1 aromatic heterocycles. The van der Waals surface area contributed by atoms with Crippen LogP contribution in [-0.4, -0.2) is 38.8 Å². The van der Waals surface area contributed by atoms with E-state index in [1.165, 1.54) is 11.9 Å². The number of aromatic nitrogens is 2. The molecule has 0 aliphatic carbocycles. The zero-order chi connectivity index (χ0) is 11.8. The monoisotopic (exact) mass is 262 g/mol. The van der Waals surface area contributed by atoms with Gasteiger partial charge >= 0.3 is 6.03 Å². The second-order valence-corrected chi connectivity index (χ2v) is 5.12. The van der Waals surface area contributed by atoms with E-state index in [-0.39, 0.29) is 6.03 Å². The minimum atomic E-state index is -0.990. The van der Waals surface area contributed by atoms with Gasteiger partial charge in [-0.2, -0.15) is 0 Å². The number of carbonyl (C=O) groups is 1. The molecule has 1 atom stereocenters. The predicted octanol–water partition coefficient (Wildman–Crippen LogP) is 0.236. The Kier molecular flexibility index (Phi) is 5.94. The van der Waals surface area contributed by atoms with Crippen molar-refractivity contribution >= 4 is 28.8 Å². The average Bonchev–Trinajstić information content (AvgIpc) is 2.70. The first-order valence-electron chi connectivity index (χ1n) is 4.61. The van der Waals surface area contributed by atoms with Crippen molar-refractivity contribution in [2.24, 2.45) is 0 Å². The van der Waals surface area contributed by atoms with E-state index in [2.05, 4.69) is 20.0 Å². The Morgan fingerprint density at radius 1 is 1.69 bits per heavy atom. The van der Waals surface area contributed by atoms with E-state index in [4.69, 9.17) is 0 Å². The summed E-state index contributed by atoms with van der Waals surface area (Å²) in [5, 5.41) is 2.60. The average molecular weight is 262 g/mol. The van der Waals surface area contributed by atoms with E-state index in [1.807, 2.05) is 0 Å². The number of hydrogen-bond donors (Lipinski definition) is 3. The van der Waals surface area contributed by atoms with Gasteiger partial charge in [0.15, 0.2) is 0 Å². The maximum Gasteiger partial charge on any atom is 0.324 e. The molecule has 1 rings (SSSR count). The molecule has 0 radical (unpaired) electrons. The Balaban J connectivity index is 2.13. The molecule has 8 heteroatoms. The molecule has 16 heavy (non-hydrogen) atoms. The zero-order valence-corrected chi connectivity index (χ0v) is 10.5. The van der Waals surface area contributed by atoms with Gasteiger partial charge in [0.2, 0.25) is 0 Å². The van der Waals surface area contributed by atoms with Crippen molar-refractivity contribution in [1.82, 2.24) is 20.0 Å². The highest BCUT2D eigenvalue weighted by Gasteiger charge is 2.04. The number of nitrogens with zero attached hydrogens (tertiary/aromatic N) is 1. The number of H-pyrrole nitrogens is 1. The van der Waals surface area contributed by atoms with E-state index < -0.39 is 10.8 Å². The molecular weight excluding hydrogens is 248 g/mol. The van der Waals surface area contributed by atoms with Gasteiger partial charge in [0.25, 0.3) is 0 Å². The maximum atomic E-state index is 11.5. The smallest absolute Gasteiger partial charge is 0.324 e. The van der Waals surface area contributed by atoms with Gasteiger partial charge in [-0.15, -0.1) is 0 Å². The summed E-state index contributed by atoms with van der Waals surface area (Å²) >= 11 is 1.22. The first-order chi connectivity index (χ1) is 7.72. The first-order valence-corrected chi connectivity index (χ1v) is 7.32. The highest BCUT2D eigenvalue weighted by Crippen LogP contribution is 1.97. The fraction of sp³-hybridized carbons (Fsp3) is 0.500. The normalized spacial score (nSPS) is 12.1. The van der Waals surface area contributed by atoms with Gasteiger partial charge < -0.3 is 10.3 Å². The van der Waals surface area contributed by atoms with Crippen LogP contribution >= 0.6 is 11.9 Å². The summed E-state index contributed by atoms with van der Waals surface area (Å²) in [6, 6.07) is -0.258. The second-order valence-electron chi connectivity index (χ2n) is 2.93. The topological polar surface area (TPSA) is 86.9 Å². The van der Waals surface area contributed by atoms with Gasteiger partial charge in [0.1, 0.15) is 0 Å². The highest BCUT2D eigenvalue weighted by atomic mass is 32.2. The molecule has 0 aliphatic rings. The van der Waals surface area contributed by atoms with Crippen LogP contribution in [0.25, 0.3) is 0 Å². The lowest BCUT2D eigenvalue weighted by Gasteiger charge is -2.04. The van der Waals surface area contributed by atoms with Crippen molar-refractivity contribution in [3.05, 3.63) is 18.2 Å². The van der Waals surface area contributed by atoms with Crippen LogP contribution in [0.4, 0.5) is 4.79 Å². The number of aromatic amines is 1. The molecule has 1 unspecified atom stereocenters. The summed E-state index contributed by atoms with van der Waals surface area (Å²) in [4.78, 5) is 17.7.